The second-order valence-corrected chi connectivity index (χ2v) is 8.15. The molecule has 0 N–H and O–H groups in total. The number of rotatable bonds is 10. The Labute approximate surface area is 204 Å². The van der Waals surface area contributed by atoms with Gasteiger partial charge in [-0.15, -0.1) is 0 Å². The fraction of sp³-hybridized carbons (Fsp3) is 0.385. The smallest absolute Gasteiger partial charge is 0.254 e. The van der Waals surface area contributed by atoms with Crippen LogP contribution in [0.5, 0.6) is 23.0 Å². The number of methoxy groups -OCH3 is 4. The lowest BCUT2D eigenvalue weighted by Gasteiger charge is -2.25. The van der Waals surface area contributed by atoms with Crippen LogP contribution in [-0.2, 0) is 11.3 Å². The summed E-state index contributed by atoms with van der Waals surface area (Å²) in [5.74, 6) is 2.52. The van der Waals surface area contributed by atoms with Gasteiger partial charge in [-0.2, -0.15) is 0 Å². The minimum Gasteiger partial charge on any atom is -0.497 e. The summed E-state index contributed by atoms with van der Waals surface area (Å²) in [7, 11) is 6.24. The Kier molecular flexibility index (Phi) is 7.77. The molecule has 1 aliphatic heterocycles. The van der Waals surface area contributed by atoms with Crippen LogP contribution in [-0.4, -0.2) is 63.7 Å². The molecule has 0 saturated carbocycles. The second kappa shape index (κ2) is 11.1. The van der Waals surface area contributed by atoms with Crippen LogP contribution in [0, 0.1) is 0 Å². The van der Waals surface area contributed by atoms with Crippen LogP contribution in [0.25, 0.3) is 11.3 Å². The summed E-state index contributed by atoms with van der Waals surface area (Å²) in [5, 5.41) is 4.22. The molecule has 1 saturated heterocycles. The van der Waals surface area contributed by atoms with Crippen molar-refractivity contribution in [2.75, 3.05) is 41.6 Å². The van der Waals surface area contributed by atoms with E-state index in [0.717, 1.165) is 12.8 Å². The lowest BCUT2D eigenvalue weighted by atomic mass is 10.1. The first kappa shape index (κ1) is 24.4. The van der Waals surface area contributed by atoms with Crippen molar-refractivity contribution in [2.45, 2.75) is 25.5 Å². The number of hydrogen-bond donors (Lipinski definition) is 0. The molecule has 0 bridgehead atoms. The van der Waals surface area contributed by atoms with Gasteiger partial charge < -0.3 is 33.1 Å². The zero-order valence-corrected chi connectivity index (χ0v) is 20.4. The highest BCUT2D eigenvalue weighted by atomic mass is 16.5. The molecule has 1 fully saturated rings. The Morgan fingerprint density at radius 3 is 2.43 bits per heavy atom. The van der Waals surface area contributed by atoms with E-state index < -0.39 is 0 Å². The molecule has 1 amide bonds. The molecule has 1 atom stereocenters. The maximum atomic E-state index is 13.4. The minimum atomic E-state index is -0.128. The number of carbonyl (C=O) groups is 1. The third-order valence-corrected chi connectivity index (χ3v) is 5.91. The van der Waals surface area contributed by atoms with E-state index in [9.17, 15) is 4.79 Å². The summed E-state index contributed by atoms with van der Waals surface area (Å²) in [6, 6.07) is 12.5. The fourth-order valence-corrected chi connectivity index (χ4v) is 4.13. The average molecular weight is 483 g/mol. The highest BCUT2D eigenvalue weighted by Crippen LogP contribution is 2.41. The molecule has 1 aliphatic rings. The molecule has 1 aromatic heterocycles. The van der Waals surface area contributed by atoms with E-state index >= 15 is 0 Å². The Balaban J connectivity index is 1.60. The highest BCUT2D eigenvalue weighted by Gasteiger charge is 2.25. The van der Waals surface area contributed by atoms with Gasteiger partial charge in [-0.25, -0.2) is 0 Å². The number of aromatic nitrogens is 1. The second-order valence-electron chi connectivity index (χ2n) is 8.15. The monoisotopic (exact) mass is 482 g/mol. The van der Waals surface area contributed by atoms with Crippen molar-refractivity contribution in [3.05, 3.63) is 53.7 Å². The Bertz CT molecular complexity index is 1130. The average Bonchev–Trinajstić information content (AvgIpc) is 3.59. The van der Waals surface area contributed by atoms with Gasteiger partial charge in [0.05, 0.1) is 41.1 Å². The number of ether oxygens (including phenoxy) is 5. The largest absolute Gasteiger partial charge is 0.497 e. The summed E-state index contributed by atoms with van der Waals surface area (Å²) < 4.78 is 33.0. The van der Waals surface area contributed by atoms with Crippen LogP contribution in [0.3, 0.4) is 0 Å². The molecule has 0 radical (unpaired) electrons. The molecule has 2 heterocycles. The number of nitrogens with zero attached hydrogens (tertiary/aromatic N) is 2. The summed E-state index contributed by atoms with van der Waals surface area (Å²) in [5.41, 5.74) is 1.86. The molecule has 9 heteroatoms. The predicted octanol–water partition coefficient (Wildman–Crippen LogP) is 4.20. The van der Waals surface area contributed by atoms with Crippen LogP contribution in [0.4, 0.5) is 0 Å². The van der Waals surface area contributed by atoms with Gasteiger partial charge in [0.25, 0.3) is 5.91 Å². The summed E-state index contributed by atoms with van der Waals surface area (Å²) in [6.45, 7) is 1.44. The lowest BCUT2D eigenvalue weighted by Crippen LogP contribution is -2.37. The van der Waals surface area contributed by atoms with Crippen molar-refractivity contribution >= 4 is 5.91 Å². The van der Waals surface area contributed by atoms with E-state index in [4.69, 9.17) is 28.2 Å². The van der Waals surface area contributed by atoms with Crippen LogP contribution >= 0.6 is 0 Å². The van der Waals surface area contributed by atoms with Gasteiger partial charge in [0, 0.05) is 30.3 Å². The molecular weight excluding hydrogens is 452 g/mol. The van der Waals surface area contributed by atoms with Gasteiger partial charge in [0.1, 0.15) is 11.4 Å². The van der Waals surface area contributed by atoms with Crippen LogP contribution < -0.4 is 18.9 Å². The molecule has 4 rings (SSSR count). The van der Waals surface area contributed by atoms with Gasteiger partial charge in [0.2, 0.25) is 5.75 Å². The van der Waals surface area contributed by atoms with Crippen molar-refractivity contribution in [1.29, 1.82) is 0 Å². The quantitative estimate of drug-likeness (QED) is 0.425. The van der Waals surface area contributed by atoms with Gasteiger partial charge in [-0.1, -0.05) is 11.2 Å². The number of hydrogen-bond acceptors (Lipinski definition) is 8. The van der Waals surface area contributed by atoms with Gasteiger partial charge >= 0.3 is 0 Å². The van der Waals surface area contributed by atoms with Crippen molar-refractivity contribution in [1.82, 2.24) is 10.1 Å². The van der Waals surface area contributed by atoms with E-state index in [-0.39, 0.29) is 18.6 Å². The molecule has 2 aromatic carbocycles. The van der Waals surface area contributed by atoms with E-state index in [1.165, 1.54) is 0 Å². The summed E-state index contributed by atoms with van der Waals surface area (Å²) in [4.78, 5) is 15.2. The van der Waals surface area contributed by atoms with Crippen molar-refractivity contribution in [3.63, 3.8) is 0 Å². The van der Waals surface area contributed by atoms with E-state index in [1.807, 2.05) is 12.1 Å². The Morgan fingerprint density at radius 2 is 1.80 bits per heavy atom. The molecular formula is C26H30N2O7. The molecule has 186 valence electrons. The van der Waals surface area contributed by atoms with Gasteiger partial charge in [0.15, 0.2) is 17.3 Å². The number of amides is 1. The first-order valence-corrected chi connectivity index (χ1v) is 11.4. The predicted molar refractivity (Wildman–Crippen MR) is 128 cm³/mol. The first-order chi connectivity index (χ1) is 17.1. The molecule has 0 spiro atoms. The van der Waals surface area contributed by atoms with Crippen LogP contribution in [0.1, 0.15) is 28.9 Å². The third-order valence-electron chi connectivity index (χ3n) is 5.91. The van der Waals surface area contributed by atoms with Crippen LogP contribution in [0.2, 0.25) is 0 Å². The zero-order chi connectivity index (χ0) is 24.8. The Hall–Kier alpha value is -3.72. The van der Waals surface area contributed by atoms with Crippen LogP contribution in [0.15, 0.2) is 47.0 Å². The van der Waals surface area contributed by atoms with Gasteiger partial charge in [-0.05, 0) is 43.2 Å². The topological polar surface area (TPSA) is 92.5 Å². The molecule has 1 unspecified atom stereocenters. The normalized spacial score (nSPS) is 15.0. The highest BCUT2D eigenvalue weighted by molar-refractivity contribution is 5.94. The van der Waals surface area contributed by atoms with E-state index in [2.05, 4.69) is 5.16 Å². The minimum absolute atomic E-state index is 0.00830. The zero-order valence-electron chi connectivity index (χ0n) is 20.4. The Morgan fingerprint density at radius 1 is 1.03 bits per heavy atom. The van der Waals surface area contributed by atoms with Gasteiger partial charge in [-0.3, -0.25) is 4.79 Å². The summed E-state index contributed by atoms with van der Waals surface area (Å²) in [6.07, 6.45) is 1.89. The number of carbonyl (C=O) groups excluding carboxylic acids is 1. The maximum Gasteiger partial charge on any atom is 0.254 e. The molecule has 35 heavy (non-hydrogen) atoms. The standard InChI is InChI=1S/C26H30N2O7/c1-30-20-8-5-7-17(11-20)26(29)28(16-21-9-6-10-34-21)15-19-14-22(35-27-19)18-12-23(31-2)25(33-4)24(13-18)32-3/h5,7-8,11-14,21H,6,9-10,15-16H2,1-4H3. The first-order valence-electron chi connectivity index (χ1n) is 11.4. The fourth-order valence-electron chi connectivity index (χ4n) is 4.13. The van der Waals surface area contributed by atoms with E-state index in [1.54, 1.807) is 63.7 Å². The lowest BCUT2D eigenvalue weighted by molar-refractivity contribution is 0.0502. The molecule has 0 aliphatic carbocycles. The molecule has 9 nitrogen and oxygen atoms in total. The SMILES string of the molecule is COc1cccc(C(=O)N(Cc2cc(-c3cc(OC)c(OC)c(OC)c3)on2)CC2CCCO2)c1. The number of benzene rings is 2. The van der Waals surface area contributed by atoms with Crippen molar-refractivity contribution in [2.24, 2.45) is 0 Å². The maximum absolute atomic E-state index is 13.4. The third kappa shape index (κ3) is 5.51. The summed E-state index contributed by atoms with van der Waals surface area (Å²) >= 11 is 0. The van der Waals surface area contributed by atoms with E-state index in [0.29, 0.717) is 58.7 Å². The van der Waals surface area contributed by atoms with Crippen molar-refractivity contribution in [3.8, 4) is 34.3 Å². The van der Waals surface area contributed by atoms with Crippen molar-refractivity contribution < 1.29 is 33.0 Å². The molecule has 3 aromatic rings.